The van der Waals surface area contributed by atoms with Gasteiger partial charge in [0.2, 0.25) is 0 Å². The number of nitrogens with one attached hydrogen (secondary N) is 2. The smallest absolute Gasteiger partial charge is 0.307 e. The number of carboxylic acids is 1. The highest BCUT2D eigenvalue weighted by Crippen LogP contribution is 2.62. The van der Waals surface area contributed by atoms with E-state index in [2.05, 4.69) is 0 Å². The first-order valence-electron chi connectivity index (χ1n) is 12.6. The molecule has 1 spiro atoms. The fourth-order valence-corrected chi connectivity index (χ4v) is 5.63. The number of halogens is 1. The van der Waals surface area contributed by atoms with E-state index < -0.39 is 11.8 Å². The van der Waals surface area contributed by atoms with Gasteiger partial charge >= 0.3 is 5.97 Å². The van der Waals surface area contributed by atoms with Crippen LogP contribution in [0.1, 0.15) is 48.9 Å². The van der Waals surface area contributed by atoms with E-state index in [1.54, 1.807) is 18.2 Å². The van der Waals surface area contributed by atoms with E-state index in [4.69, 9.17) is 15.6 Å². The Morgan fingerprint density at radius 2 is 1.97 bits per heavy atom. The third-order valence-electron chi connectivity index (χ3n) is 7.77. The Balaban J connectivity index is 1.45. The zero-order chi connectivity index (χ0) is 27.2. The molecule has 7 nitrogen and oxygen atoms in total. The molecule has 2 atom stereocenters. The molecule has 0 saturated heterocycles. The van der Waals surface area contributed by atoms with Crippen LogP contribution in [0.25, 0.3) is 11.1 Å². The van der Waals surface area contributed by atoms with Crippen molar-refractivity contribution in [2.45, 2.75) is 51.2 Å². The van der Waals surface area contributed by atoms with Crippen LogP contribution >= 0.6 is 0 Å². The fourth-order valence-electron chi connectivity index (χ4n) is 5.63. The Morgan fingerprint density at radius 3 is 2.66 bits per heavy atom. The summed E-state index contributed by atoms with van der Waals surface area (Å²) < 4.78 is 20.9. The van der Waals surface area contributed by atoms with Gasteiger partial charge in [-0.15, -0.1) is 0 Å². The number of phenols is 1. The van der Waals surface area contributed by atoms with Gasteiger partial charge in [-0.05, 0) is 91.8 Å². The van der Waals surface area contributed by atoms with Crippen LogP contribution in [0.2, 0.25) is 0 Å². The number of carboxylic acid groups (broad SMARTS) is 1. The van der Waals surface area contributed by atoms with E-state index in [1.165, 1.54) is 28.7 Å². The second kappa shape index (κ2) is 9.59. The average molecular weight is 516 g/mol. The number of phenolic OH excluding ortho intramolecular Hbond substituents is 1. The van der Waals surface area contributed by atoms with Crippen LogP contribution in [0.3, 0.4) is 0 Å². The maximum absolute atomic E-state index is 14.8. The van der Waals surface area contributed by atoms with Crippen molar-refractivity contribution in [2.24, 2.45) is 5.92 Å². The molecule has 3 aromatic rings. The minimum absolute atomic E-state index is 0.0301. The summed E-state index contributed by atoms with van der Waals surface area (Å²) in [7, 11) is 0. The Labute approximate surface area is 220 Å². The van der Waals surface area contributed by atoms with Crippen LogP contribution in [0.4, 0.5) is 4.39 Å². The molecule has 0 aromatic heterocycles. The number of aryl methyl sites for hydroxylation is 1. The van der Waals surface area contributed by atoms with Crippen LogP contribution in [-0.2, 0) is 23.2 Å². The molecule has 0 bridgehead atoms. The number of nitrogens with zero attached hydrogens (tertiary/aromatic N) is 1. The van der Waals surface area contributed by atoms with Crippen molar-refractivity contribution < 1.29 is 24.1 Å². The van der Waals surface area contributed by atoms with Crippen LogP contribution in [0.15, 0.2) is 54.6 Å². The summed E-state index contributed by atoms with van der Waals surface area (Å²) in [6.45, 7) is 3.90. The number of aliphatic carboxylic acids is 1. The number of aromatic hydroxyl groups is 1. The van der Waals surface area contributed by atoms with E-state index in [9.17, 15) is 19.4 Å². The number of hydrogen-bond donors (Lipinski definition) is 4. The monoisotopic (exact) mass is 515 g/mol. The number of carbonyl (C=O) groups is 1. The predicted molar refractivity (Wildman–Crippen MR) is 143 cm³/mol. The minimum atomic E-state index is -0.747. The summed E-state index contributed by atoms with van der Waals surface area (Å²) in [6, 6.07) is 14.7. The third-order valence-corrected chi connectivity index (χ3v) is 7.77. The first-order valence-corrected chi connectivity index (χ1v) is 12.6. The minimum Gasteiger partial charge on any atom is -0.508 e. The summed E-state index contributed by atoms with van der Waals surface area (Å²) in [4.78, 5) is 13.1. The molecule has 38 heavy (non-hydrogen) atoms. The van der Waals surface area contributed by atoms with Crippen molar-refractivity contribution in [3.05, 3.63) is 82.7 Å². The molecule has 1 fully saturated rings. The standard InChI is InChI=1S/C30H30FN3O4/c1-17(2)34(16-32)28(33)24-11-18(3-7-22(24)23-12-20(35)5-8-27(23)31)15-38-21-6-4-19-9-10-30(25(19)13-21)14-26(30)29(36)37/h3-8,11-13,16-17,26,32-33,35H,9-10,14-15H2,1-2H3,(H,36,37). The molecule has 2 aliphatic rings. The molecule has 5 rings (SSSR count). The zero-order valence-electron chi connectivity index (χ0n) is 21.3. The summed E-state index contributed by atoms with van der Waals surface area (Å²) >= 11 is 0. The first-order chi connectivity index (χ1) is 18.1. The third kappa shape index (κ3) is 4.40. The lowest BCUT2D eigenvalue weighted by atomic mass is 9.95. The average Bonchev–Trinajstić information content (AvgIpc) is 3.53. The first kappa shape index (κ1) is 25.4. The number of benzene rings is 3. The predicted octanol–water partition coefficient (Wildman–Crippen LogP) is 5.71. The quantitative estimate of drug-likeness (QED) is 0.226. The number of fused-ring (bicyclic) bond motifs is 2. The molecule has 4 N–H and O–H groups in total. The largest absolute Gasteiger partial charge is 0.508 e. The lowest BCUT2D eigenvalue weighted by Crippen LogP contribution is -2.35. The summed E-state index contributed by atoms with van der Waals surface area (Å²) in [5.41, 5.74) is 3.70. The number of amidine groups is 1. The van der Waals surface area contributed by atoms with E-state index in [0.717, 1.165) is 30.3 Å². The lowest BCUT2D eigenvalue weighted by molar-refractivity contribution is -0.139. The van der Waals surface area contributed by atoms with Gasteiger partial charge in [-0.2, -0.15) is 0 Å². The van der Waals surface area contributed by atoms with Crippen LogP contribution in [-0.4, -0.2) is 39.3 Å². The van der Waals surface area contributed by atoms with Gasteiger partial charge in [-0.25, -0.2) is 4.39 Å². The molecule has 0 heterocycles. The van der Waals surface area contributed by atoms with E-state index in [-0.39, 0.29) is 41.1 Å². The lowest BCUT2D eigenvalue weighted by Gasteiger charge is -2.26. The molecule has 2 aliphatic carbocycles. The van der Waals surface area contributed by atoms with Gasteiger partial charge in [-0.1, -0.05) is 18.2 Å². The van der Waals surface area contributed by atoms with Gasteiger partial charge < -0.3 is 19.8 Å². The highest BCUT2D eigenvalue weighted by Gasteiger charge is 2.61. The number of rotatable bonds is 8. The second-order valence-electron chi connectivity index (χ2n) is 10.4. The Bertz CT molecular complexity index is 1450. The van der Waals surface area contributed by atoms with E-state index in [1.807, 2.05) is 32.0 Å². The molecule has 196 valence electrons. The Morgan fingerprint density at radius 1 is 1.18 bits per heavy atom. The summed E-state index contributed by atoms with van der Waals surface area (Å²) in [5, 5.41) is 36.1. The molecular formula is C30H30FN3O4. The summed E-state index contributed by atoms with van der Waals surface area (Å²) in [6.07, 6.45) is 3.45. The number of hydrogen-bond acceptors (Lipinski definition) is 5. The SMILES string of the molecule is CC(C)N(C=N)C(=N)c1cc(COc2ccc3c(c2)C2(CC3)CC2C(=O)O)ccc1-c1cc(O)ccc1F. The van der Waals surface area contributed by atoms with Gasteiger partial charge in [0.05, 0.1) is 12.3 Å². The molecule has 1 saturated carbocycles. The van der Waals surface area contributed by atoms with Crippen LogP contribution < -0.4 is 4.74 Å². The van der Waals surface area contributed by atoms with Gasteiger partial charge in [0, 0.05) is 22.6 Å². The molecular weight excluding hydrogens is 485 g/mol. The van der Waals surface area contributed by atoms with Gasteiger partial charge in [0.25, 0.3) is 0 Å². The highest BCUT2D eigenvalue weighted by molar-refractivity contribution is 6.07. The van der Waals surface area contributed by atoms with Crippen molar-refractivity contribution >= 4 is 18.1 Å². The van der Waals surface area contributed by atoms with Crippen molar-refractivity contribution in [2.75, 3.05) is 0 Å². The Hall–Kier alpha value is -4.20. The van der Waals surface area contributed by atoms with Crippen molar-refractivity contribution in [1.29, 1.82) is 10.8 Å². The van der Waals surface area contributed by atoms with Crippen LogP contribution in [0, 0.1) is 22.6 Å². The normalized spacial score (nSPS) is 19.3. The maximum atomic E-state index is 14.8. The van der Waals surface area contributed by atoms with E-state index >= 15 is 0 Å². The Kier molecular flexibility index (Phi) is 6.42. The second-order valence-corrected chi connectivity index (χ2v) is 10.4. The maximum Gasteiger partial charge on any atom is 0.307 e. The summed E-state index contributed by atoms with van der Waals surface area (Å²) in [5.74, 6) is -1.03. The number of ether oxygens (including phenoxy) is 1. The highest BCUT2D eigenvalue weighted by atomic mass is 19.1. The van der Waals surface area contributed by atoms with Crippen molar-refractivity contribution in [3.63, 3.8) is 0 Å². The molecule has 3 aromatic carbocycles. The van der Waals surface area contributed by atoms with Crippen molar-refractivity contribution in [1.82, 2.24) is 4.90 Å². The molecule has 0 aliphatic heterocycles. The zero-order valence-corrected chi connectivity index (χ0v) is 21.3. The molecule has 0 amide bonds. The van der Waals surface area contributed by atoms with Crippen LogP contribution in [0.5, 0.6) is 11.5 Å². The molecule has 2 unspecified atom stereocenters. The van der Waals surface area contributed by atoms with E-state index in [0.29, 0.717) is 23.3 Å². The molecule has 0 radical (unpaired) electrons. The van der Waals surface area contributed by atoms with Crippen molar-refractivity contribution in [3.8, 4) is 22.6 Å². The van der Waals surface area contributed by atoms with Gasteiger partial charge in [0.1, 0.15) is 29.8 Å². The van der Waals surface area contributed by atoms with Gasteiger partial charge in [0.15, 0.2) is 0 Å². The van der Waals surface area contributed by atoms with Gasteiger partial charge in [-0.3, -0.25) is 15.6 Å². The fraction of sp³-hybridized carbons (Fsp3) is 0.300. The topological polar surface area (TPSA) is 118 Å². The molecule has 8 heteroatoms.